The number of hydrogen-bond donors (Lipinski definition) is 2. The Hall–Kier alpha value is -3.66. The molecule has 3 aromatic rings. The van der Waals surface area contributed by atoms with E-state index in [0.717, 1.165) is 0 Å². The van der Waals surface area contributed by atoms with E-state index in [1.807, 2.05) is 0 Å². The van der Waals surface area contributed by atoms with Crippen LogP contribution < -0.4 is 11.1 Å². The van der Waals surface area contributed by atoms with Gasteiger partial charge in [-0.2, -0.15) is 0 Å². The lowest BCUT2D eigenvalue weighted by molar-refractivity contribution is -0.119. The van der Waals surface area contributed by atoms with E-state index >= 15 is 0 Å². The number of benzene rings is 2. The first kappa shape index (κ1) is 17.2. The van der Waals surface area contributed by atoms with Crippen molar-refractivity contribution in [2.45, 2.75) is 12.5 Å². The van der Waals surface area contributed by atoms with Crippen LogP contribution in [0, 0.1) is 18.2 Å². The molecule has 0 fully saturated rings. The molecule has 0 saturated carbocycles. The van der Waals surface area contributed by atoms with Crippen LogP contribution in [0.1, 0.15) is 16.8 Å². The number of amides is 2. The van der Waals surface area contributed by atoms with Gasteiger partial charge in [-0.1, -0.05) is 5.16 Å². The molecule has 1 unspecified atom stereocenters. The smallest absolute Gasteiger partial charge is 0.251 e. The quantitative estimate of drug-likeness (QED) is 0.689. The topological polar surface area (TPSA) is 98.2 Å². The minimum atomic E-state index is -0.956. The Labute approximate surface area is 148 Å². The monoisotopic (exact) mass is 351 g/mol. The van der Waals surface area contributed by atoms with E-state index in [2.05, 4.69) is 16.4 Å². The molecule has 1 heterocycles. The number of primary amides is 1. The first-order valence-corrected chi connectivity index (χ1v) is 7.68. The Morgan fingerprint density at radius 3 is 2.65 bits per heavy atom. The third-order valence-electron chi connectivity index (χ3n) is 3.82. The maximum absolute atomic E-state index is 13.1. The number of fused-ring (bicyclic) bond motifs is 1. The maximum Gasteiger partial charge on any atom is 0.251 e. The lowest BCUT2D eigenvalue weighted by Gasteiger charge is -2.12. The van der Waals surface area contributed by atoms with Gasteiger partial charge in [-0.3, -0.25) is 9.59 Å². The standard InChI is InChI=1S/C19H14FN3O3/c1-2-3-16(18(21)24)22-19(25)12-6-9-15-14(10-12)17(26-23-15)11-4-7-13(20)8-5-11/h1,4-10,16H,3H2,(H2,21,24)(H,22,25). The first-order chi connectivity index (χ1) is 12.5. The zero-order valence-corrected chi connectivity index (χ0v) is 13.5. The van der Waals surface area contributed by atoms with Gasteiger partial charge in [0.15, 0.2) is 5.76 Å². The van der Waals surface area contributed by atoms with E-state index < -0.39 is 17.9 Å². The van der Waals surface area contributed by atoms with Gasteiger partial charge in [-0.05, 0) is 42.5 Å². The van der Waals surface area contributed by atoms with E-state index in [0.29, 0.717) is 22.2 Å². The van der Waals surface area contributed by atoms with E-state index in [1.54, 1.807) is 30.3 Å². The minimum Gasteiger partial charge on any atom is -0.368 e. The highest BCUT2D eigenvalue weighted by molar-refractivity contribution is 6.02. The molecular formula is C19H14FN3O3. The summed E-state index contributed by atoms with van der Waals surface area (Å²) in [5.41, 5.74) is 6.67. The fourth-order valence-electron chi connectivity index (χ4n) is 2.47. The van der Waals surface area contributed by atoms with Gasteiger partial charge < -0.3 is 15.6 Å². The summed E-state index contributed by atoms with van der Waals surface area (Å²) in [7, 11) is 0. The lowest BCUT2D eigenvalue weighted by Crippen LogP contribution is -2.44. The number of rotatable bonds is 5. The fraction of sp³-hybridized carbons (Fsp3) is 0.105. The number of terminal acetylenes is 1. The van der Waals surface area contributed by atoms with Gasteiger partial charge in [0.2, 0.25) is 5.91 Å². The molecular weight excluding hydrogens is 337 g/mol. The van der Waals surface area contributed by atoms with Crippen LogP contribution in [0.15, 0.2) is 47.0 Å². The molecule has 3 rings (SSSR count). The summed E-state index contributed by atoms with van der Waals surface area (Å²) in [5.74, 6) is 1.11. The highest BCUT2D eigenvalue weighted by Gasteiger charge is 2.19. The second-order valence-corrected chi connectivity index (χ2v) is 5.59. The number of halogens is 1. The summed E-state index contributed by atoms with van der Waals surface area (Å²) in [6.07, 6.45) is 5.18. The summed E-state index contributed by atoms with van der Waals surface area (Å²) in [6, 6.07) is 9.49. The molecule has 3 N–H and O–H groups in total. The molecule has 0 radical (unpaired) electrons. The van der Waals surface area contributed by atoms with Gasteiger partial charge in [0.1, 0.15) is 17.4 Å². The lowest BCUT2D eigenvalue weighted by atomic mass is 10.1. The Morgan fingerprint density at radius 2 is 2.00 bits per heavy atom. The summed E-state index contributed by atoms with van der Waals surface area (Å²) in [6.45, 7) is 0. The van der Waals surface area contributed by atoms with E-state index in [9.17, 15) is 14.0 Å². The summed E-state index contributed by atoms with van der Waals surface area (Å²) >= 11 is 0. The zero-order valence-electron chi connectivity index (χ0n) is 13.5. The van der Waals surface area contributed by atoms with Crippen LogP contribution in [0.4, 0.5) is 4.39 Å². The number of carbonyl (C=O) groups is 2. The van der Waals surface area contributed by atoms with Crippen LogP contribution in [-0.2, 0) is 4.79 Å². The molecule has 2 amide bonds. The number of hydrogen-bond acceptors (Lipinski definition) is 4. The van der Waals surface area contributed by atoms with Gasteiger partial charge in [0.25, 0.3) is 5.91 Å². The van der Waals surface area contributed by atoms with Crippen molar-refractivity contribution in [2.75, 3.05) is 0 Å². The molecule has 1 atom stereocenters. The summed E-state index contributed by atoms with van der Waals surface area (Å²) < 4.78 is 18.4. The molecule has 0 aliphatic heterocycles. The van der Waals surface area contributed by atoms with Crippen molar-refractivity contribution in [1.29, 1.82) is 0 Å². The Morgan fingerprint density at radius 1 is 1.27 bits per heavy atom. The van der Waals surface area contributed by atoms with Gasteiger partial charge in [0.05, 0.1) is 5.39 Å². The zero-order chi connectivity index (χ0) is 18.7. The highest BCUT2D eigenvalue weighted by atomic mass is 19.1. The van der Waals surface area contributed by atoms with Gasteiger partial charge in [0, 0.05) is 17.5 Å². The largest absolute Gasteiger partial charge is 0.368 e. The third kappa shape index (κ3) is 3.39. The second kappa shape index (κ2) is 7.07. The average molecular weight is 351 g/mol. The van der Waals surface area contributed by atoms with Crippen molar-refractivity contribution >= 4 is 22.7 Å². The normalized spacial score (nSPS) is 11.7. The number of nitrogens with two attached hydrogens (primary N) is 1. The predicted octanol–water partition coefficient (Wildman–Crippen LogP) is 2.24. The van der Waals surface area contributed by atoms with Gasteiger partial charge in [-0.25, -0.2) is 4.39 Å². The Bertz CT molecular complexity index is 1020. The SMILES string of the molecule is C#CCC(NC(=O)c1ccc2noc(-c3ccc(F)cc3)c2c1)C(N)=O. The van der Waals surface area contributed by atoms with Gasteiger partial charge >= 0.3 is 0 Å². The van der Waals surface area contributed by atoms with Crippen LogP contribution >= 0.6 is 0 Å². The molecule has 2 aromatic carbocycles. The van der Waals surface area contributed by atoms with Crippen LogP contribution in [-0.4, -0.2) is 23.0 Å². The minimum absolute atomic E-state index is 0.00257. The molecule has 130 valence electrons. The van der Waals surface area contributed by atoms with Crippen molar-refractivity contribution in [3.63, 3.8) is 0 Å². The van der Waals surface area contributed by atoms with Crippen LogP contribution in [0.2, 0.25) is 0 Å². The molecule has 0 bridgehead atoms. The van der Waals surface area contributed by atoms with Crippen LogP contribution in [0.3, 0.4) is 0 Å². The molecule has 0 aliphatic rings. The number of nitrogens with zero attached hydrogens (tertiary/aromatic N) is 1. The number of nitrogens with one attached hydrogen (secondary N) is 1. The summed E-state index contributed by atoms with van der Waals surface area (Å²) in [5, 5.41) is 7.02. The molecule has 0 saturated heterocycles. The van der Waals surface area contributed by atoms with E-state index in [-0.39, 0.29) is 17.8 Å². The first-order valence-electron chi connectivity index (χ1n) is 7.68. The second-order valence-electron chi connectivity index (χ2n) is 5.59. The van der Waals surface area contributed by atoms with Crippen LogP contribution in [0.25, 0.3) is 22.2 Å². The predicted molar refractivity (Wildman–Crippen MR) is 93.3 cm³/mol. The molecule has 1 aromatic heterocycles. The van der Waals surface area contributed by atoms with Crippen molar-refractivity contribution in [3.05, 3.63) is 53.8 Å². The van der Waals surface area contributed by atoms with E-state index in [1.165, 1.54) is 12.1 Å². The van der Waals surface area contributed by atoms with Crippen molar-refractivity contribution in [3.8, 4) is 23.7 Å². The van der Waals surface area contributed by atoms with Crippen molar-refractivity contribution in [1.82, 2.24) is 10.5 Å². The summed E-state index contributed by atoms with van der Waals surface area (Å²) in [4.78, 5) is 23.8. The molecule has 6 nitrogen and oxygen atoms in total. The third-order valence-corrected chi connectivity index (χ3v) is 3.82. The number of carbonyl (C=O) groups excluding carboxylic acids is 2. The van der Waals surface area contributed by atoms with Crippen molar-refractivity contribution in [2.24, 2.45) is 5.73 Å². The highest BCUT2D eigenvalue weighted by Crippen LogP contribution is 2.29. The van der Waals surface area contributed by atoms with Crippen molar-refractivity contribution < 1.29 is 18.5 Å². The average Bonchev–Trinajstić information content (AvgIpc) is 3.05. The maximum atomic E-state index is 13.1. The van der Waals surface area contributed by atoms with Crippen LogP contribution in [0.5, 0.6) is 0 Å². The molecule has 7 heteroatoms. The van der Waals surface area contributed by atoms with Gasteiger partial charge in [-0.15, -0.1) is 12.3 Å². The molecule has 0 spiro atoms. The fourth-order valence-corrected chi connectivity index (χ4v) is 2.47. The van der Waals surface area contributed by atoms with E-state index in [4.69, 9.17) is 16.7 Å². The Balaban J connectivity index is 1.94. The number of aromatic nitrogens is 1. The Kier molecular flexibility index (Phi) is 4.67. The molecule has 26 heavy (non-hydrogen) atoms. The molecule has 0 aliphatic carbocycles.